The average Bonchev–Trinajstić information content (AvgIpc) is 2.75. The van der Waals surface area contributed by atoms with Gasteiger partial charge in [-0.2, -0.15) is 0 Å². The predicted octanol–water partition coefficient (Wildman–Crippen LogP) is 4.31. The molecule has 0 radical (unpaired) electrons. The van der Waals surface area contributed by atoms with Gasteiger partial charge in [-0.05, 0) is 36.4 Å². The highest BCUT2D eigenvalue weighted by molar-refractivity contribution is 6.36. The van der Waals surface area contributed by atoms with Gasteiger partial charge in [-0.25, -0.2) is 0 Å². The molecule has 1 unspecified atom stereocenters. The van der Waals surface area contributed by atoms with Crippen molar-refractivity contribution in [2.24, 2.45) is 0 Å². The molecule has 0 saturated heterocycles. The summed E-state index contributed by atoms with van der Waals surface area (Å²) in [6.45, 7) is -0.0529. The van der Waals surface area contributed by atoms with E-state index in [1.54, 1.807) is 47.0 Å². The minimum absolute atomic E-state index is 0.00964. The van der Waals surface area contributed by atoms with Crippen molar-refractivity contribution < 1.29 is 9.90 Å². The molecule has 4 aromatic rings. The number of para-hydroxylation sites is 2. The summed E-state index contributed by atoms with van der Waals surface area (Å²) in [5.74, 6) is -0.309. The van der Waals surface area contributed by atoms with E-state index in [2.05, 4.69) is 5.32 Å². The average molecular weight is 441 g/mol. The number of nitrogens with one attached hydrogen (secondary N) is 1. The third-order valence-corrected chi connectivity index (χ3v) is 5.67. The summed E-state index contributed by atoms with van der Waals surface area (Å²) in [5, 5.41) is 14.9. The van der Waals surface area contributed by atoms with Gasteiger partial charge in [-0.3, -0.25) is 9.59 Å². The number of aromatic nitrogens is 1. The topological polar surface area (TPSA) is 71.3 Å². The Hall–Kier alpha value is -2.86. The van der Waals surface area contributed by atoms with Crippen LogP contribution in [0.1, 0.15) is 11.7 Å². The van der Waals surface area contributed by atoms with Crippen LogP contribution < -0.4 is 10.7 Å². The number of carbonyl (C=O) groups is 1. The minimum Gasteiger partial charge on any atom is -0.386 e. The number of nitrogens with zero attached hydrogens (tertiary/aromatic N) is 1. The molecule has 0 bridgehead atoms. The maximum atomic E-state index is 12.8. The molecule has 7 heteroatoms. The van der Waals surface area contributed by atoms with Gasteiger partial charge in [0.1, 0.15) is 6.54 Å². The van der Waals surface area contributed by atoms with Crippen LogP contribution in [-0.2, 0) is 11.3 Å². The lowest BCUT2D eigenvalue weighted by Crippen LogP contribution is -2.32. The highest BCUT2D eigenvalue weighted by atomic mass is 35.5. The predicted molar refractivity (Wildman–Crippen MR) is 120 cm³/mol. The molecule has 30 heavy (non-hydrogen) atoms. The summed E-state index contributed by atoms with van der Waals surface area (Å²) >= 11 is 12.2. The third kappa shape index (κ3) is 3.79. The van der Waals surface area contributed by atoms with Gasteiger partial charge in [0.2, 0.25) is 5.91 Å². The van der Waals surface area contributed by atoms with Crippen molar-refractivity contribution in [3.63, 3.8) is 0 Å². The van der Waals surface area contributed by atoms with Gasteiger partial charge in [0.05, 0.1) is 17.1 Å². The Bertz CT molecular complexity index is 1240. The van der Waals surface area contributed by atoms with Gasteiger partial charge < -0.3 is 15.0 Å². The summed E-state index contributed by atoms with van der Waals surface area (Å²) in [7, 11) is 0. The molecule has 1 heterocycles. The summed E-state index contributed by atoms with van der Waals surface area (Å²) in [6.07, 6.45) is -1.04. The number of aliphatic hydroxyl groups is 1. The van der Waals surface area contributed by atoms with E-state index < -0.39 is 6.10 Å². The van der Waals surface area contributed by atoms with Crippen LogP contribution in [0.4, 0.5) is 0 Å². The molecule has 1 amide bonds. The maximum Gasteiger partial charge on any atom is 0.240 e. The number of fused-ring (bicyclic) bond motifs is 2. The van der Waals surface area contributed by atoms with Gasteiger partial charge in [0.15, 0.2) is 5.43 Å². The molecule has 0 fully saturated rings. The molecule has 1 atom stereocenters. The fourth-order valence-electron chi connectivity index (χ4n) is 3.59. The third-order valence-electron chi connectivity index (χ3n) is 5.01. The Morgan fingerprint density at radius 3 is 2.00 bits per heavy atom. The molecule has 1 aromatic heterocycles. The Morgan fingerprint density at radius 1 is 0.900 bits per heavy atom. The number of halogens is 2. The number of amides is 1. The summed E-state index contributed by atoms with van der Waals surface area (Å²) in [4.78, 5) is 25.5. The van der Waals surface area contributed by atoms with E-state index in [0.717, 1.165) is 0 Å². The zero-order valence-electron chi connectivity index (χ0n) is 15.8. The molecule has 0 saturated carbocycles. The van der Waals surface area contributed by atoms with Crippen molar-refractivity contribution >= 4 is 50.9 Å². The minimum atomic E-state index is -1.04. The molecule has 2 N–H and O–H groups in total. The zero-order chi connectivity index (χ0) is 21.3. The normalized spacial score (nSPS) is 12.2. The first-order valence-corrected chi connectivity index (χ1v) is 10.1. The van der Waals surface area contributed by atoms with Crippen LogP contribution in [0.3, 0.4) is 0 Å². The van der Waals surface area contributed by atoms with Crippen molar-refractivity contribution in [2.75, 3.05) is 6.54 Å². The lowest BCUT2D eigenvalue weighted by Gasteiger charge is -2.17. The molecule has 3 aromatic carbocycles. The summed E-state index contributed by atoms with van der Waals surface area (Å²) < 4.78 is 1.80. The summed E-state index contributed by atoms with van der Waals surface area (Å²) in [6, 6.07) is 19.3. The highest BCUT2D eigenvalue weighted by Gasteiger charge is 2.17. The Kier molecular flexibility index (Phi) is 5.77. The van der Waals surface area contributed by atoms with Gasteiger partial charge in [0.25, 0.3) is 0 Å². The molecule has 0 spiro atoms. The second-order valence-electron chi connectivity index (χ2n) is 6.90. The van der Waals surface area contributed by atoms with Crippen molar-refractivity contribution in [2.45, 2.75) is 12.6 Å². The van der Waals surface area contributed by atoms with Crippen LogP contribution in [0.5, 0.6) is 0 Å². The standard InChI is InChI=1S/C23H18Cl2N2O3/c24-16-8-5-9-17(25)22(16)20(28)12-26-21(29)13-27-18-10-3-1-6-14(18)23(30)15-7-2-4-11-19(15)27/h1-11,20,28H,12-13H2,(H,26,29). The highest BCUT2D eigenvalue weighted by Crippen LogP contribution is 2.29. The summed E-state index contributed by atoms with van der Waals surface area (Å²) in [5.41, 5.74) is 1.65. The molecule has 5 nitrogen and oxygen atoms in total. The second kappa shape index (κ2) is 8.48. The molecule has 4 rings (SSSR count). The SMILES string of the molecule is O=C(Cn1c2ccccc2c(=O)c2ccccc21)NCC(O)c1c(Cl)cccc1Cl. The number of aliphatic hydroxyl groups excluding tert-OH is 1. The van der Waals surface area contributed by atoms with E-state index in [-0.39, 0.29) is 24.4 Å². The van der Waals surface area contributed by atoms with Crippen LogP contribution in [0.15, 0.2) is 71.5 Å². The van der Waals surface area contributed by atoms with E-state index in [1.807, 2.05) is 24.3 Å². The van der Waals surface area contributed by atoms with Gasteiger partial charge in [0, 0.05) is 32.9 Å². The lowest BCUT2D eigenvalue weighted by atomic mass is 10.1. The second-order valence-corrected chi connectivity index (χ2v) is 7.72. The van der Waals surface area contributed by atoms with E-state index in [4.69, 9.17) is 23.2 Å². The quantitative estimate of drug-likeness (QED) is 0.454. The number of hydrogen-bond donors (Lipinski definition) is 2. The Labute approximate surface area is 182 Å². The van der Waals surface area contributed by atoms with Crippen molar-refractivity contribution in [1.82, 2.24) is 9.88 Å². The van der Waals surface area contributed by atoms with Gasteiger partial charge in [-0.1, -0.05) is 53.5 Å². The monoisotopic (exact) mass is 440 g/mol. The molecular weight excluding hydrogens is 423 g/mol. The van der Waals surface area contributed by atoms with E-state index in [9.17, 15) is 14.7 Å². The van der Waals surface area contributed by atoms with Crippen LogP contribution in [0, 0.1) is 0 Å². The fourth-order valence-corrected chi connectivity index (χ4v) is 4.24. The lowest BCUT2D eigenvalue weighted by molar-refractivity contribution is -0.122. The fraction of sp³-hybridized carbons (Fsp3) is 0.130. The number of carbonyl (C=O) groups excluding carboxylic acids is 1. The van der Waals surface area contributed by atoms with Gasteiger partial charge >= 0.3 is 0 Å². The number of rotatable bonds is 5. The van der Waals surface area contributed by atoms with Crippen LogP contribution in [-0.4, -0.2) is 22.1 Å². The smallest absolute Gasteiger partial charge is 0.240 e. The van der Waals surface area contributed by atoms with Crippen molar-refractivity contribution in [1.29, 1.82) is 0 Å². The maximum absolute atomic E-state index is 12.8. The van der Waals surface area contributed by atoms with E-state index in [0.29, 0.717) is 37.4 Å². The Balaban J connectivity index is 1.62. The Morgan fingerprint density at radius 2 is 1.43 bits per heavy atom. The molecule has 0 aliphatic rings. The largest absolute Gasteiger partial charge is 0.386 e. The van der Waals surface area contributed by atoms with E-state index in [1.165, 1.54) is 0 Å². The van der Waals surface area contributed by atoms with Crippen molar-refractivity contribution in [3.8, 4) is 0 Å². The first-order valence-electron chi connectivity index (χ1n) is 9.36. The number of benzene rings is 3. The van der Waals surface area contributed by atoms with Crippen LogP contribution >= 0.6 is 23.2 Å². The zero-order valence-corrected chi connectivity index (χ0v) is 17.3. The van der Waals surface area contributed by atoms with Crippen molar-refractivity contribution in [3.05, 3.63) is 92.6 Å². The molecule has 0 aliphatic heterocycles. The molecular formula is C23H18Cl2N2O3. The van der Waals surface area contributed by atoms with Gasteiger partial charge in [-0.15, -0.1) is 0 Å². The molecule has 0 aliphatic carbocycles. The van der Waals surface area contributed by atoms with E-state index >= 15 is 0 Å². The van der Waals surface area contributed by atoms with Crippen LogP contribution in [0.25, 0.3) is 21.8 Å². The first kappa shape index (κ1) is 20.4. The number of hydrogen-bond acceptors (Lipinski definition) is 3. The first-order chi connectivity index (χ1) is 14.5. The van der Waals surface area contributed by atoms with Crippen LogP contribution in [0.2, 0.25) is 10.0 Å². The number of pyridine rings is 1. The molecule has 152 valence electrons.